The van der Waals surface area contributed by atoms with Gasteiger partial charge in [-0.05, 0) is 41.5 Å². The van der Waals surface area contributed by atoms with Crippen molar-refractivity contribution in [2.24, 2.45) is 20.0 Å². The zero-order valence-corrected chi connectivity index (χ0v) is 22.2. The Hall–Kier alpha value is -4.23. The van der Waals surface area contributed by atoms with Crippen LogP contribution in [0.2, 0.25) is 0 Å². The molecule has 0 saturated carbocycles. The van der Waals surface area contributed by atoms with Gasteiger partial charge < -0.3 is 4.48 Å². The molecule has 6 bridgehead atoms. The van der Waals surface area contributed by atoms with Crippen molar-refractivity contribution >= 4 is 64.3 Å². The molecular formula is C24H20BClN12+. The summed E-state index contributed by atoms with van der Waals surface area (Å²) in [4.78, 5) is 48.4. The summed E-state index contributed by atoms with van der Waals surface area (Å²) in [7, 11) is 0. The third-order valence-electron chi connectivity index (χ3n) is 6.96. The monoisotopic (exact) mass is 522 g/mol. The number of aromatic nitrogens is 7. The van der Waals surface area contributed by atoms with Gasteiger partial charge in [0, 0.05) is 0 Å². The third-order valence-corrected chi connectivity index (χ3v) is 7.15. The number of hydrogen-bond donors (Lipinski definition) is 1. The third kappa shape index (κ3) is 3.15. The van der Waals surface area contributed by atoms with Gasteiger partial charge in [-0.2, -0.15) is 21.4 Å². The van der Waals surface area contributed by atoms with E-state index in [9.17, 15) is 0 Å². The number of fused-ring (bicyclic) bond motifs is 14. The maximum absolute atomic E-state index is 6.41. The fourth-order valence-electron chi connectivity index (χ4n) is 4.55. The molecular weight excluding hydrogens is 503 g/mol. The number of halogens is 1. The first-order valence-electron chi connectivity index (χ1n) is 12.0. The molecule has 4 aromatic heterocycles. The second-order valence-electron chi connectivity index (χ2n) is 9.40. The minimum absolute atomic E-state index is 0.356. The lowest BCUT2D eigenvalue weighted by Gasteiger charge is -2.05. The van der Waals surface area contributed by atoms with E-state index < -0.39 is 0 Å². The van der Waals surface area contributed by atoms with Crippen molar-refractivity contribution < 1.29 is 5.32 Å². The van der Waals surface area contributed by atoms with E-state index in [1.54, 1.807) is 4.48 Å². The smallest absolute Gasteiger partial charge is 0.340 e. The van der Waals surface area contributed by atoms with E-state index in [4.69, 9.17) is 61.3 Å². The zero-order valence-electron chi connectivity index (χ0n) is 21.5. The first-order chi connectivity index (χ1) is 18.2. The van der Waals surface area contributed by atoms with Crippen LogP contribution < -0.4 is 5.32 Å². The predicted octanol–water partition coefficient (Wildman–Crippen LogP) is 1.74. The van der Waals surface area contributed by atoms with E-state index in [0.717, 1.165) is 34.2 Å². The molecule has 2 N–H and O–H groups in total. The van der Waals surface area contributed by atoms with Crippen LogP contribution in [0, 0.1) is 41.5 Å². The molecule has 14 heteroatoms. The molecule has 0 amide bonds. The summed E-state index contributed by atoms with van der Waals surface area (Å²) in [5, 5.41) is 1.85. The van der Waals surface area contributed by atoms with E-state index in [0.29, 0.717) is 68.8 Å². The number of nitrogens with zero attached hydrogens (tertiary/aromatic N) is 11. The number of rotatable bonds is 1. The lowest BCUT2D eigenvalue weighted by molar-refractivity contribution is -0.400. The lowest BCUT2D eigenvalue weighted by Crippen LogP contribution is -2.89. The molecule has 0 atom stereocenters. The highest BCUT2D eigenvalue weighted by Crippen LogP contribution is 2.37. The van der Waals surface area contributed by atoms with Crippen LogP contribution in [0.25, 0.3) is 11.0 Å². The van der Waals surface area contributed by atoms with Crippen molar-refractivity contribution in [1.82, 2.24) is 34.4 Å². The van der Waals surface area contributed by atoms with Gasteiger partial charge in [-0.1, -0.05) is 0 Å². The summed E-state index contributed by atoms with van der Waals surface area (Å²) in [6.45, 7) is 12.8. The van der Waals surface area contributed by atoms with Gasteiger partial charge in [0.05, 0.1) is 34.2 Å². The number of quaternary nitrogens is 1. The molecule has 7 heterocycles. The minimum Gasteiger partial charge on any atom is -0.340 e. The summed E-state index contributed by atoms with van der Waals surface area (Å²) in [6.07, 6.45) is 0. The highest BCUT2D eigenvalue weighted by molar-refractivity contribution is 6.93. The Kier molecular flexibility index (Phi) is 4.76. The van der Waals surface area contributed by atoms with Gasteiger partial charge in [-0.25, -0.2) is 45.2 Å². The van der Waals surface area contributed by atoms with E-state index in [-0.39, 0.29) is 0 Å². The van der Waals surface area contributed by atoms with Crippen LogP contribution in [0.1, 0.15) is 56.9 Å². The Balaban J connectivity index is 1.66. The van der Waals surface area contributed by atoms with Crippen molar-refractivity contribution in [3.63, 3.8) is 0 Å². The molecule has 0 saturated heterocycles. The first-order valence-corrected chi connectivity index (χ1v) is 12.4. The van der Waals surface area contributed by atoms with Gasteiger partial charge >= 0.3 is 6.83 Å². The Morgan fingerprint density at radius 1 is 0.526 bits per heavy atom. The maximum Gasteiger partial charge on any atom is 0.378 e. The van der Waals surface area contributed by atoms with Crippen LogP contribution in [0.15, 0.2) is 20.0 Å². The average molecular weight is 523 g/mol. The van der Waals surface area contributed by atoms with Gasteiger partial charge in [0.15, 0.2) is 34.7 Å². The summed E-state index contributed by atoms with van der Waals surface area (Å²) in [5.74, 6) is 2.81. The summed E-state index contributed by atoms with van der Waals surface area (Å²) >= 11 is 6.41. The topological polar surface area (TPSA) is 148 Å². The molecule has 12 nitrogen and oxygen atoms in total. The average Bonchev–Trinajstić information content (AvgIpc) is 3.46. The molecule has 0 spiro atoms. The van der Waals surface area contributed by atoms with Crippen molar-refractivity contribution in [2.75, 3.05) is 0 Å². The molecule has 0 fully saturated rings. The summed E-state index contributed by atoms with van der Waals surface area (Å²) < 4.78 is 1.66. The van der Waals surface area contributed by atoms with E-state index in [1.807, 2.05) is 46.9 Å². The molecule has 7 rings (SSSR count). The predicted molar refractivity (Wildman–Crippen MR) is 144 cm³/mol. The molecule has 0 unspecified atom stereocenters. The van der Waals surface area contributed by atoms with Crippen molar-refractivity contribution in [3.05, 3.63) is 56.9 Å². The van der Waals surface area contributed by atoms with Crippen molar-refractivity contribution in [2.45, 2.75) is 41.5 Å². The standard InChI is InChI=1S/C24H19BClN12/c1-7-9(3)29-15-13(27-7)19-33-20-14-16(30-10(4)8(2)28-14)22(35-20)37-24-18-17(31-11(5)12(6)32-18)23(38(24)25-26)36-21(15)34-19/h1-6H3,(H,33,34,35,36,37)/p+1. The number of hydrogen-bond acceptors (Lipinski definition) is 10. The number of aryl methyl sites for hydroxylation is 6. The van der Waals surface area contributed by atoms with E-state index >= 15 is 0 Å². The normalized spacial score (nSPS) is 15.2. The molecule has 0 aliphatic carbocycles. The largest absolute Gasteiger partial charge is 0.378 e. The minimum atomic E-state index is 0.356. The SMILES string of the molecule is Cc1nc2c(nc1C)C1=Nc3c4nc(C)c(C)nc4c(n3[B]Cl)N=C3[NH2+]C(=NC2=N1)c1nc(C)c(C)nc13. The fraction of sp³-hybridized carbons (Fsp3) is 0.250. The summed E-state index contributed by atoms with van der Waals surface area (Å²) in [6, 6.07) is 0. The zero-order chi connectivity index (χ0) is 26.5. The van der Waals surface area contributed by atoms with Crippen LogP contribution in [-0.2, 0) is 0 Å². The van der Waals surface area contributed by atoms with Gasteiger partial charge in [0.1, 0.15) is 22.4 Å². The van der Waals surface area contributed by atoms with Crippen LogP contribution >= 0.6 is 11.5 Å². The number of nitrogens with two attached hydrogens (primary N) is 1. The van der Waals surface area contributed by atoms with Crippen molar-refractivity contribution in [1.29, 1.82) is 0 Å². The molecule has 4 aromatic rings. The van der Waals surface area contributed by atoms with Gasteiger partial charge in [0.25, 0.3) is 11.7 Å². The Morgan fingerprint density at radius 2 is 0.947 bits per heavy atom. The van der Waals surface area contributed by atoms with Gasteiger partial charge in [-0.3, -0.25) is 0 Å². The number of aliphatic imine (C=N–C) groups is 4. The second kappa shape index (κ2) is 7.89. The Morgan fingerprint density at radius 3 is 1.47 bits per heavy atom. The Bertz CT molecular complexity index is 1900. The quantitative estimate of drug-likeness (QED) is 0.376. The Labute approximate surface area is 222 Å². The highest BCUT2D eigenvalue weighted by atomic mass is 35.5. The first kappa shape index (κ1) is 22.9. The molecule has 0 aromatic carbocycles. The van der Waals surface area contributed by atoms with Gasteiger partial charge in [-0.15, -0.1) is 0 Å². The van der Waals surface area contributed by atoms with Crippen LogP contribution in [0.3, 0.4) is 0 Å². The lowest BCUT2D eigenvalue weighted by atomic mass is 10.2. The van der Waals surface area contributed by atoms with Crippen LogP contribution in [0.5, 0.6) is 0 Å². The molecule has 1 radical (unpaired) electrons. The van der Waals surface area contributed by atoms with Crippen LogP contribution in [-0.4, -0.2) is 64.6 Å². The fourth-order valence-corrected chi connectivity index (χ4v) is 4.74. The molecule has 38 heavy (non-hydrogen) atoms. The maximum atomic E-state index is 6.41. The molecule has 185 valence electrons. The van der Waals surface area contributed by atoms with E-state index in [2.05, 4.69) is 0 Å². The van der Waals surface area contributed by atoms with Crippen molar-refractivity contribution in [3.8, 4) is 0 Å². The second-order valence-corrected chi connectivity index (χ2v) is 9.59. The molecule has 3 aliphatic heterocycles. The summed E-state index contributed by atoms with van der Waals surface area (Å²) in [5.41, 5.74) is 8.15. The van der Waals surface area contributed by atoms with Gasteiger partial charge in [0.2, 0.25) is 0 Å². The van der Waals surface area contributed by atoms with E-state index in [1.165, 1.54) is 6.83 Å². The molecule has 3 aliphatic rings. The highest BCUT2D eigenvalue weighted by Gasteiger charge is 2.37. The van der Waals surface area contributed by atoms with Crippen LogP contribution in [0.4, 0.5) is 11.6 Å². The number of amidine groups is 4.